The fourth-order valence-corrected chi connectivity index (χ4v) is 4.08. The molecule has 1 aliphatic carbocycles. The zero-order valence-electron chi connectivity index (χ0n) is 16.3. The molecule has 1 saturated heterocycles. The third-order valence-corrected chi connectivity index (χ3v) is 5.82. The summed E-state index contributed by atoms with van der Waals surface area (Å²) in [7, 11) is 0. The predicted octanol–water partition coefficient (Wildman–Crippen LogP) is 4.59. The summed E-state index contributed by atoms with van der Waals surface area (Å²) < 4.78 is 38.8. The Labute approximate surface area is 158 Å². The maximum Gasteiger partial charge on any atom is 0.416 e. The average molecular weight is 380 g/mol. The van der Waals surface area contributed by atoms with E-state index in [-0.39, 0.29) is 23.2 Å². The minimum absolute atomic E-state index is 0.00695. The maximum absolute atomic E-state index is 12.9. The first-order valence-electron chi connectivity index (χ1n) is 9.38. The molecular formula is C21H27F3N2O. The molecular weight excluding hydrogens is 353 g/mol. The molecule has 1 saturated carbocycles. The van der Waals surface area contributed by atoms with Crippen LogP contribution in [0.4, 0.5) is 18.9 Å². The van der Waals surface area contributed by atoms with Crippen molar-refractivity contribution in [3.63, 3.8) is 0 Å². The molecule has 3 nitrogen and oxygen atoms in total. The van der Waals surface area contributed by atoms with Crippen molar-refractivity contribution < 1.29 is 18.0 Å². The van der Waals surface area contributed by atoms with Gasteiger partial charge in [-0.2, -0.15) is 13.2 Å². The quantitative estimate of drug-likeness (QED) is 0.716. The third-order valence-electron chi connectivity index (χ3n) is 5.82. The van der Waals surface area contributed by atoms with Crippen LogP contribution in [0.15, 0.2) is 35.9 Å². The number of amides is 1. The predicted molar refractivity (Wildman–Crippen MR) is 100 cm³/mol. The van der Waals surface area contributed by atoms with Gasteiger partial charge in [-0.25, -0.2) is 0 Å². The lowest BCUT2D eigenvalue weighted by molar-refractivity contribution is -0.137. The highest BCUT2D eigenvalue weighted by Crippen LogP contribution is 2.60. The molecule has 0 bridgehead atoms. The summed E-state index contributed by atoms with van der Waals surface area (Å²) in [5.41, 5.74) is 1.12. The van der Waals surface area contributed by atoms with Crippen molar-refractivity contribution in [1.29, 1.82) is 0 Å². The Bertz CT molecular complexity index is 742. The summed E-state index contributed by atoms with van der Waals surface area (Å²) in [5, 5.41) is 0. The van der Waals surface area contributed by atoms with Crippen molar-refractivity contribution in [3.05, 3.63) is 41.5 Å². The lowest BCUT2D eigenvalue weighted by Gasteiger charge is -2.36. The van der Waals surface area contributed by atoms with E-state index in [4.69, 9.17) is 0 Å². The number of anilines is 1. The van der Waals surface area contributed by atoms with Gasteiger partial charge >= 0.3 is 6.18 Å². The Morgan fingerprint density at radius 1 is 1.15 bits per heavy atom. The van der Waals surface area contributed by atoms with E-state index in [1.165, 1.54) is 17.7 Å². The van der Waals surface area contributed by atoms with Gasteiger partial charge < -0.3 is 9.80 Å². The zero-order valence-corrected chi connectivity index (χ0v) is 16.3. The van der Waals surface area contributed by atoms with Crippen molar-refractivity contribution in [3.8, 4) is 0 Å². The number of allylic oxidation sites excluding steroid dienone is 2. The Hall–Kier alpha value is -1.98. The van der Waals surface area contributed by atoms with Crippen LogP contribution in [0, 0.1) is 17.3 Å². The number of alkyl halides is 3. The van der Waals surface area contributed by atoms with E-state index in [2.05, 4.69) is 19.9 Å². The number of rotatable bonds is 3. The molecule has 2 aliphatic rings. The number of piperazine rings is 1. The number of carbonyl (C=O) groups excluding carboxylic acids is 1. The Kier molecular flexibility index (Phi) is 5.04. The molecule has 0 aromatic heterocycles. The number of hydrogen-bond donors (Lipinski definition) is 0. The van der Waals surface area contributed by atoms with Crippen LogP contribution in [0.1, 0.15) is 33.3 Å². The van der Waals surface area contributed by atoms with Gasteiger partial charge in [-0.1, -0.05) is 31.6 Å². The van der Waals surface area contributed by atoms with Gasteiger partial charge in [0.15, 0.2) is 0 Å². The normalized spacial score (nSPS) is 24.6. The summed E-state index contributed by atoms with van der Waals surface area (Å²) >= 11 is 0. The Morgan fingerprint density at radius 2 is 1.78 bits per heavy atom. The van der Waals surface area contributed by atoms with Gasteiger partial charge in [-0.3, -0.25) is 4.79 Å². The molecule has 0 unspecified atom stereocenters. The number of halogens is 3. The van der Waals surface area contributed by atoms with Crippen LogP contribution in [0.2, 0.25) is 0 Å². The number of hydrogen-bond acceptors (Lipinski definition) is 2. The van der Waals surface area contributed by atoms with Gasteiger partial charge in [-0.15, -0.1) is 0 Å². The molecule has 27 heavy (non-hydrogen) atoms. The smallest absolute Gasteiger partial charge is 0.368 e. The van der Waals surface area contributed by atoms with Crippen molar-refractivity contribution in [1.82, 2.24) is 4.90 Å². The third kappa shape index (κ3) is 3.99. The molecule has 1 aromatic carbocycles. The SMILES string of the molecule is CC(C)=C[C@H]1[C@H](C(=O)N2CCN(c3cccc(C(F)(F)F)c3)CC2)C1(C)C. The molecule has 2 fully saturated rings. The molecule has 2 atom stereocenters. The van der Waals surface area contributed by atoms with E-state index in [0.29, 0.717) is 31.9 Å². The lowest BCUT2D eigenvalue weighted by Crippen LogP contribution is -2.49. The highest BCUT2D eigenvalue weighted by molar-refractivity contribution is 5.84. The van der Waals surface area contributed by atoms with Gasteiger partial charge in [0.05, 0.1) is 11.5 Å². The van der Waals surface area contributed by atoms with Crippen molar-refractivity contribution in [2.45, 2.75) is 33.9 Å². The average Bonchev–Trinajstić information content (AvgIpc) is 3.13. The second-order valence-electron chi connectivity index (χ2n) is 8.43. The summed E-state index contributed by atoms with van der Waals surface area (Å²) in [4.78, 5) is 16.7. The minimum atomic E-state index is -4.34. The Morgan fingerprint density at radius 3 is 2.33 bits per heavy atom. The monoisotopic (exact) mass is 380 g/mol. The molecule has 0 N–H and O–H groups in total. The molecule has 1 aliphatic heterocycles. The van der Waals surface area contributed by atoms with Crippen LogP contribution in [0.25, 0.3) is 0 Å². The molecule has 1 aromatic rings. The molecule has 0 spiro atoms. The number of benzene rings is 1. The molecule has 148 valence electrons. The summed E-state index contributed by atoms with van der Waals surface area (Å²) in [6.45, 7) is 10.5. The topological polar surface area (TPSA) is 23.6 Å². The minimum Gasteiger partial charge on any atom is -0.368 e. The molecule has 1 amide bonds. The fourth-order valence-electron chi connectivity index (χ4n) is 4.08. The standard InChI is InChI=1S/C21H27F3N2O/c1-14(2)12-17-18(20(17,3)4)19(27)26-10-8-25(9-11-26)16-7-5-6-15(13-16)21(22,23)24/h5-7,12-13,17-18H,8-11H2,1-4H3/t17-,18+/m0/s1. The zero-order chi connectivity index (χ0) is 20.0. The van der Waals surface area contributed by atoms with Crippen molar-refractivity contribution in [2.24, 2.45) is 17.3 Å². The highest BCUT2D eigenvalue weighted by Gasteiger charge is 2.61. The van der Waals surface area contributed by atoms with Crippen molar-refractivity contribution in [2.75, 3.05) is 31.1 Å². The van der Waals surface area contributed by atoms with Crippen molar-refractivity contribution >= 4 is 11.6 Å². The van der Waals surface area contributed by atoms with Gasteiger partial charge in [0.25, 0.3) is 0 Å². The van der Waals surface area contributed by atoms with E-state index in [1.54, 1.807) is 6.07 Å². The van der Waals surface area contributed by atoms with E-state index < -0.39 is 11.7 Å². The van der Waals surface area contributed by atoms with Crippen LogP contribution in [-0.4, -0.2) is 37.0 Å². The van der Waals surface area contributed by atoms with E-state index in [9.17, 15) is 18.0 Å². The maximum atomic E-state index is 12.9. The van der Waals surface area contributed by atoms with Gasteiger partial charge in [-0.05, 0) is 43.4 Å². The molecule has 6 heteroatoms. The summed E-state index contributed by atoms with van der Waals surface area (Å²) in [6.07, 6.45) is -2.16. The summed E-state index contributed by atoms with van der Waals surface area (Å²) in [5.74, 6) is 0.454. The number of carbonyl (C=O) groups is 1. The number of nitrogens with zero attached hydrogens (tertiary/aromatic N) is 2. The van der Waals surface area contributed by atoms with E-state index in [1.807, 2.05) is 23.6 Å². The Balaban J connectivity index is 1.63. The van der Waals surface area contributed by atoms with Gasteiger partial charge in [0, 0.05) is 31.9 Å². The molecule has 3 rings (SSSR count). The molecule has 0 radical (unpaired) electrons. The van der Waals surface area contributed by atoms with Crippen LogP contribution in [-0.2, 0) is 11.0 Å². The van der Waals surface area contributed by atoms with Crippen LogP contribution < -0.4 is 4.90 Å². The highest BCUT2D eigenvalue weighted by atomic mass is 19.4. The first-order chi connectivity index (χ1) is 12.5. The van der Waals surface area contributed by atoms with Crippen LogP contribution in [0.3, 0.4) is 0 Å². The van der Waals surface area contributed by atoms with Crippen LogP contribution in [0.5, 0.6) is 0 Å². The second kappa shape index (κ2) is 6.88. The fraction of sp³-hybridized carbons (Fsp3) is 0.571. The second-order valence-corrected chi connectivity index (χ2v) is 8.43. The first-order valence-corrected chi connectivity index (χ1v) is 9.38. The van der Waals surface area contributed by atoms with E-state index in [0.717, 1.165) is 6.07 Å². The first kappa shape index (κ1) is 19.8. The van der Waals surface area contributed by atoms with E-state index >= 15 is 0 Å². The van der Waals surface area contributed by atoms with Gasteiger partial charge in [0.2, 0.25) is 5.91 Å². The summed E-state index contributed by atoms with van der Waals surface area (Å²) in [6, 6.07) is 5.40. The van der Waals surface area contributed by atoms with Crippen LogP contribution >= 0.6 is 0 Å². The van der Waals surface area contributed by atoms with Gasteiger partial charge in [0.1, 0.15) is 0 Å². The largest absolute Gasteiger partial charge is 0.416 e. The molecule has 1 heterocycles. The lowest BCUT2D eigenvalue weighted by atomic mass is 10.1.